The molecule has 6 heteroatoms. The molecule has 0 bridgehead atoms. The molecule has 0 heterocycles. The summed E-state index contributed by atoms with van der Waals surface area (Å²) in [5, 5.41) is 0. The number of ether oxygens (including phenoxy) is 3. The van der Waals surface area contributed by atoms with E-state index >= 15 is 0 Å². The van der Waals surface area contributed by atoms with Gasteiger partial charge in [0.05, 0.1) is 0 Å². The van der Waals surface area contributed by atoms with E-state index in [1.165, 1.54) is 141 Å². The zero-order chi connectivity index (χ0) is 40.6. The van der Waals surface area contributed by atoms with Crippen LogP contribution in [0.3, 0.4) is 0 Å². The third-order valence-corrected chi connectivity index (χ3v) is 10.9. The molecule has 0 radical (unpaired) electrons. The Labute approximate surface area is 342 Å². The van der Waals surface area contributed by atoms with Crippen molar-refractivity contribution in [1.82, 2.24) is 0 Å². The summed E-state index contributed by atoms with van der Waals surface area (Å²) in [6, 6.07) is 0. The largest absolute Gasteiger partial charge is 0.462 e. The van der Waals surface area contributed by atoms with Crippen LogP contribution in [-0.4, -0.2) is 37.2 Å². The van der Waals surface area contributed by atoms with Gasteiger partial charge in [0.2, 0.25) is 0 Å². The van der Waals surface area contributed by atoms with E-state index in [0.717, 1.165) is 75.5 Å². The Balaban J connectivity index is 4.29. The van der Waals surface area contributed by atoms with Crippen molar-refractivity contribution in [3.63, 3.8) is 0 Å². The summed E-state index contributed by atoms with van der Waals surface area (Å²) in [5.41, 5.74) is 0. The predicted octanol–water partition coefficient (Wildman–Crippen LogP) is 15.2. The van der Waals surface area contributed by atoms with E-state index in [4.69, 9.17) is 14.2 Å². The van der Waals surface area contributed by atoms with Gasteiger partial charge in [-0.1, -0.05) is 221 Å². The Morgan fingerprint density at radius 2 is 0.527 bits per heavy atom. The Morgan fingerprint density at radius 1 is 0.309 bits per heavy atom. The third kappa shape index (κ3) is 43.4. The standard InChI is InChI=1S/C49H94O6/c1-43(2)35-29-23-17-12-10-8-7-9-11-13-20-26-32-38-47(50)53-41-46(42-54-48(51)39-33-27-22-16-19-25-31-37-45(5)6)55-49(52)40-34-28-21-15-14-18-24-30-36-44(3)4/h43-46H,7-42H2,1-6H3/t46-/m1/s1. The summed E-state index contributed by atoms with van der Waals surface area (Å²) < 4.78 is 16.7. The van der Waals surface area contributed by atoms with E-state index in [2.05, 4.69) is 41.5 Å². The minimum Gasteiger partial charge on any atom is -0.462 e. The van der Waals surface area contributed by atoms with Gasteiger partial charge in [-0.15, -0.1) is 0 Å². The fourth-order valence-electron chi connectivity index (χ4n) is 7.23. The molecule has 0 aromatic carbocycles. The molecule has 0 aliphatic rings. The van der Waals surface area contributed by atoms with Crippen LogP contribution >= 0.6 is 0 Å². The SMILES string of the molecule is CC(C)CCCCCCCCCCCCCCCC(=O)OC[C@H](COC(=O)CCCCCCCCCC(C)C)OC(=O)CCCCCCCCCCC(C)C. The molecule has 0 aliphatic heterocycles. The second kappa shape index (κ2) is 40.6. The number of carbonyl (C=O) groups is 3. The molecular formula is C49H94O6. The van der Waals surface area contributed by atoms with Crippen LogP contribution in [-0.2, 0) is 28.6 Å². The lowest BCUT2D eigenvalue weighted by atomic mass is 10.0. The van der Waals surface area contributed by atoms with Crippen LogP contribution in [0.15, 0.2) is 0 Å². The van der Waals surface area contributed by atoms with Gasteiger partial charge >= 0.3 is 17.9 Å². The first-order chi connectivity index (χ1) is 26.6. The summed E-state index contributed by atoms with van der Waals surface area (Å²) >= 11 is 0. The fourth-order valence-corrected chi connectivity index (χ4v) is 7.23. The van der Waals surface area contributed by atoms with E-state index < -0.39 is 6.10 Å². The molecule has 1 atom stereocenters. The van der Waals surface area contributed by atoms with Crippen molar-refractivity contribution in [2.75, 3.05) is 13.2 Å². The van der Waals surface area contributed by atoms with Gasteiger partial charge in [-0.2, -0.15) is 0 Å². The number of hydrogen-bond donors (Lipinski definition) is 0. The maximum absolute atomic E-state index is 12.7. The topological polar surface area (TPSA) is 78.9 Å². The van der Waals surface area contributed by atoms with Gasteiger partial charge in [0.15, 0.2) is 6.10 Å². The molecule has 0 aromatic heterocycles. The van der Waals surface area contributed by atoms with Gasteiger partial charge in [-0.3, -0.25) is 14.4 Å². The zero-order valence-electron chi connectivity index (χ0n) is 37.7. The Bertz CT molecular complexity index is 852. The summed E-state index contributed by atoms with van der Waals surface area (Å²) in [7, 11) is 0. The Hall–Kier alpha value is -1.59. The molecule has 0 unspecified atom stereocenters. The van der Waals surface area contributed by atoms with Crippen molar-refractivity contribution >= 4 is 17.9 Å². The van der Waals surface area contributed by atoms with Crippen molar-refractivity contribution in [3.8, 4) is 0 Å². The van der Waals surface area contributed by atoms with Crippen molar-refractivity contribution in [3.05, 3.63) is 0 Å². The number of rotatable bonds is 42. The lowest BCUT2D eigenvalue weighted by molar-refractivity contribution is -0.167. The highest BCUT2D eigenvalue weighted by atomic mass is 16.6. The summed E-state index contributed by atoms with van der Waals surface area (Å²) in [6.07, 6.45) is 38.2. The van der Waals surface area contributed by atoms with Crippen LogP contribution in [0.4, 0.5) is 0 Å². The normalized spacial score (nSPS) is 12.2. The highest BCUT2D eigenvalue weighted by molar-refractivity contribution is 5.71. The van der Waals surface area contributed by atoms with Crippen LogP contribution in [0.1, 0.15) is 260 Å². The smallest absolute Gasteiger partial charge is 0.306 e. The molecule has 0 saturated heterocycles. The van der Waals surface area contributed by atoms with E-state index in [1.54, 1.807) is 0 Å². The van der Waals surface area contributed by atoms with Gasteiger partial charge in [-0.25, -0.2) is 0 Å². The van der Waals surface area contributed by atoms with Crippen LogP contribution in [0.2, 0.25) is 0 Å². The summed E-state index contributed by atoms with van der Waals surface area (Å²) in [6.45, 7) is 13.6. The third-order valence-electron chi connectivity index (χ3n) is 10.9. The Morgan fingerprint density at radius 3 is 0.782 bits per heavy atom. The van der Waals surface area contributed by atoms with Crippen LogP contribution in [0.5, 0.6) is 0 Å². The van der Waals surface area contributed by atoms with E-state index in [9.17, 15) is 14.4 Å². The first-order valence-electron chi connectivity index (χ1n) is 24.1. The number of unbranched alkanes of at least 4 members (excludes halogenated alkanes) is 25. The first-order valence-corrected chi connectivity index (χ1v) is 24.1. The number of esters is 3. The number of carbonyl (C=O) groups excluding carboxylic acids is 3. The summed E-state index contributed by atoms with van der Waals surface area (Å²) in [5.74, 6) is 1.55. The lowest BCUT2D eigenvalue weighted by Gasteiger charge is -2.18. The molecule has 0 amide bonds. The van der Waals surface area contributed by atoms with Crippen molar-refractivity contribution in [2.45, 2.75) is 266 Å². The molecule has 0 saturated carbocycles. The van der Waals surface area contributed by atoms with Gasteiger partial charge < -0.3 is 14.2 Å². The van der Waals surface area contributed by atoms with Crippen LogP contribution in [0, 0.1) is 17.8 Å². The van der Waals surface area contributed by atoms with Gasteiger partial charge in [0, 0.05) is 19.3 Å². The van der Waals surface area contributed by atoms with E-state index in [-0.39, 0.29) is 31.1 Å². The first kappa shape index (κ1) is 53.4. The van der Waals surface area contributed by atoms with Crippen molar-refractivity contribution < 1.29 is 28.6 Å². The molecule has 0 N–H and O–H groups in total. The molecule has 0 aliphatic carbocycles. The molecule has 6 nitrogen and oxygen atoms in total. The predicted molar refractivity (Wildman–Crippen MR) is 233 cm³/mol. The minimum absolute atomic E-state index is 0.0661. The van der Waals surface area contributed by atoms with Crippen molar-refractivity contribution in [2.24, 2.45) is 17.8 Å². The van der Waals surface area contributed by atoms with Gasteiger partial charge in [0.25, 0.3) is 0 Å². The average Bonchev–Trinajstić information content (AvgIpc) is 3.13. The second-order valence-corrected chi connectivity index (χ2v) is 18.2. The molecule has 326 valence electrons. The zero-order valence-corrected chi connectivity index (χ0v) is 37.7. The second-order valence-electron chi connectivity index (χ2n) is 18.2. The fraction of sp³-hybridized carbons (Fsp3) is 0.939. The molecule has 0 rings (SSSR count). The monoisotopic (exact) mass is 779 g/mol. The average molecular weight is 779 g/mol. The van der Waals surface area contributed by atoms with E-state index in [0.29, 0.717) is 19.3 Å². The number of hydrogen-bond acceptors (Lipinski definition) is 6. The maximum Gasteiger partial charge on any atom is 0.306 e. The lowest BCUT2D eigenvalue weighted by Crippen LogP contribution is -2.30. The van der Waals surface area contributed by atoms with Crippen LogP contribution in [0.25, 0.3) is 0 Å². The Kier molecular flexibility index (Phi) is 39.4. The summed E-state index contributed by atoms with van der Waals surface area (Å²) in [4.78, 5) is 37.8. The highest BCUT2D eigenvalue weighted by Crippen LogP contribution is 2.17. The van der Waals surface area contributed by atoms with E-state index in [1.807, 2.05) is 0 Å². The maximum atomic E-state index is 12.7. The molecule has 55 heavy (non-hydrogen) atoms. The quantitative estimate of drug-likeness (QED) is 0.0349. The van der Waals surface area contributed by atoms with Gasteiger partial charge in [0.1, 0.15) is 13.2 Å². The van der Waals surface area contributed by atoms with Crippen LogP contribution < -0.4 is 0 Å². The van der Waals surface area contributed by atoms with Gasteiger partial charge in [-0.05, 0) is 37.0 Å². The minimum atomic E-state index is -0.762. The molecular weight excluding hydrogens is 685 g/mol. The van der Waals surface area contributed by atoms with Crippen molar-refractivity contribution in [1.29, 1.82) is 0 Å². The molecule has 0 aromatic rings. The highest BCUT2D eigenvalue weighted by Gasteiger charge is 2.19. The molecule has 0 spiro atoms. The molecule has 0 fully saturated rings.